The van der Waals surface area contributed by atoms with Crippen LogP contribution >= 0.6 is 0 Å². The fourth-order valence-electron chi connectivity index (χ4n) is 8.36. The van der Waals surface area contributed by atoms with E-state index in [9.17, 15) is 61.0 Å². The zero-order valence-corrected chi connectivity index (χ0v) is 36.2. The minimum absolute atomic E-state index is 0.00224. The summed E-state index contributed by atoms with van der Waals surface area (Å²) in [6, 6.07) is 6.09. The molecule has 3 aromatic rings. The Balaban J connectivity index is 1.07. The molecule has 372 valence electrons. The molecule has 0 unspecified atom stereocenters. The number of fused-ring (bicyclic) bond motifs is 2. The molecule has 0 radical (unpaired) electrons. The summed E-state index contributed by atoms with van der Waals surface area (Å²) >= 11 is 0. The third kappa shape index (κ3) is 9.39. The van der Waals surface area contributed by atoms with Gasteiger partial charge in [-0.25, -0.2) is 0 Å². The summed E-state index contributed by atoms with van der Waals surface area (Å²) in [7, 11) is 2.52. The predicted molar refractivity (Wildman–Crippen MR) is 217 cm³/mol. The highest BCUT2D eigenvalue weighted by molar-refractivity contribution is 5.90. The predicted octanol–water partition coefficient (Wildman–Crippen LogP) is -4.09. The lowest BCUT2D eigenvalue weighted by atomic mass is 9.96. The van der Waals surface area contributed by atoms with Crippen LogP contribution < -0.4 is 29.1 Å². The molecule has 4 fully saturated rings. The van der Waals surface area contributed by atoms with Crippen LogP contribution in [0.2, 0.25) is 0 Å². The quantitative estimate of drug-likeness (QED) is 0.0776. The Morgan fingerprint density at radius 3 is 1.76 bits per heavy atom. The molecule has 4 saturated heterocycles. The van der Waals surface area contributed by atoms with Gasteiger partial charge in [0, 0.05) is 0 Å². The maximum absolute atomic E-state index is 14.1. The lowest BCUT2D eigenvalue weighted by Gasteiger charge is -2.47. The van der Waals surface area contributed by atoms with Gasteiger partial charge in [-0.2, -0.15) is 0 Å². The first-order valence-electron chi connectivity index (χ1n) is 21.2. The summed E-state index contributed by atoms with van der Waals surface area (Å²) < 4.78 is 74.3. The molecule has 1 aromatic heterocycles. The molecule has 2 aromatic carbocycles. The van der Waals surface area contributed by atoms with Crippen molar-refractivity contribution in [2.45, 2.75) is 137 Å². The van der Waals surface area contributed by atoms with Crippen molar-refractivity contribution in [1.29, 1.82) is 0 Å². The van der Waals surface area contributed by atoms with Gasteiger partial charge in [-0.1, -0.05) is 6.07 Å². The third-order valence-corrected chi connectivity index (χ3v) is 12.3. The first-order chi connectivity index (χ1) is 31.9. The summed E-state index contributed by atoms with van der Waals surface area (Å²) in [5, 5.41) is 118. The minimum Gasteiger partial charge on any atom is -0.490 e. The van der Waals surface area contributed by atoms with Crippen LogP contribution in [0.3, 0.4) is 0 Å². The number of benzene rings is 2. The molecule has 5 aliphatic rings. The molecule has 5 aliphatic heterocycles. The van der Waals surface area contributed by atoms with E-state index in [-0.39, 0.29) is 40.6 Å². The van der Waals surface area contributed by atoms with E-state index < -0.39 is 141 Å². The first kappa shape index (κ1) is 49.4. The number of methoxy groups -OCH3 is 2. The lowest BCUT2D eigenvalue weighted by molar-refractivity contribution is -0.365. The third-order valence-electron chi connectivity index (χ3n) is 12.3. The van der Waals surface area contributed by atoms with E-state index in [1.165, 1.54) is 40.4 Å². The van der Waals surface area contributed by atoms with E-state index in [4.69, 9.17) is 61.3 Å². The van der Waals surface area contributed by atoms with Crippen LogP contribution in [-0.2, 0) is 33.2 Å². The average Bonchev–Trinajstić information content (AvgIpc) is 3.80. The fraction of sp³-hybridized carbons (Fsp3) is 0.643. The van der Waals surface area contributed by atoms with Gasteiger partial charge in [-0.3, -0.25) is 4.79 Å². The van der Waals surface area contributed by atoms with Gasteiger partial charge in [0.1, 0.15) is 91.7 Å². The SMILES string of the molecule is COc1c(O[C@@H]2O[C@H](CO[C@H]3O[C@H](C)[C@@H](O)[C@H](O)[C@@H]3O)[C@@H](O[C@@H]3O[C@H](CO[C@H]4O[C@H](C)[C@@H](O)[C@H](O)[C@@H]4O)[C@@H](O)[C@H](O)[C@H]3O)[C@H](O)[C@H]2O)cc2c(=O)c(-c3ccc4c(c3)OCO4)coc2c1OC. The van der Waals surface area contributed by atoms with Gasteiger partial charge < -0.3 is 117 Å². The van der Waals surface area contributed by atoms with Crippen molar-refractivity contribution < 1.29 is 117 Å². The lowest BCUT2D eigenvalue weighted by Crippen LogP contribution is -2.65. The van der Waals surface area contributed by atoms with E-state index >= 15 is 0 Å². The number of aliphatic hydroxyl groups is 11. The molecule has 25 heteroatoms. The molecule has 0 saturated carbocycles. The van der Waals surface area contributed by atoms with Crippen molar-refractivity contribution >= 4 is 11.0 Å². The Kier molecular flexibility index (Phi) is 14.8. The van der Waals surface area contributed by atoms with Crippen LogP contribution in [0.15, 0.2) is 39.7 Å². The van der Waals surface area contributed by atoms with Crippen molar-refractivity contribution in [3.63, 3.8) is 0 Å². The van der Waals surface area contributed by atoms with Crippen molar-refractivity contribution in [3.05, 3.63) is 40.8 Å². The van der Waals surface area contributed by atoms with Crippen LogP contribution in [0, 0.1) is 0 Å². The van der Waals surface area contributed by atoms with E-state index in [1.54, 1.807) is 18.2 Å². The Morgan fingerprint density at radius 1 is 0.582 bits per heavy atom. The smallest absolute Gasteiger partial charge is 0.231 e. The summed E-state index contributed by atoms with van der Waals surface area (Å²) in [6.45, 7) is 1.44. The van der Waals surface area contributed by atoms with Gasteiger partial charge in [0.15, 0.2) is 41.7 Å². The number of ether oxygens (including phenoxy) is 12. The monoisotopic (exact) mass is 958 g/mol. The largest absolute Gasteiger partial charge is 0.490 e. The van der Waals surface area contributed by atoms with E-state index in [2.05, 4.69) is 0 Å². The van der Waals surface area contributed by atoms with Crippen molar-refractivity contribution in [1.82, 2.24) is 0 Å². The summed E-state index contributed by atoms with van der Waals surface area (Å²) in [4.78, 5) is 14.1. The number of hydrogen-bond acceptors (Lipinski definition) is 25. The fourth-order valence-corrected chi connectivity index (χ4v) is 8.36. The van der Waals surface area contributed by atoms with Gasteiger partial charge in [0.25, 0.3) is 0 Å². The van der Waals surface area contributed by atoms with Crippen LogP contribution in [-0.4, -0.2) is 213 Å². The van der Waals surface area contributed by atoms with Gasteiger partial charge >= 0.3 is 0 Å². The number of aliphatic hydroxyl groups excluding tert-OH is 11. The zero-order valence-electron chi connectivity index (χ0n) is 36.2. The van der Waals surface area contributed by atoms with Gasteiger partial charge in [0.05, 0.1) is 50.6 Å². The highest BCUT2D eigenvalue weighted by Gasteiger charge is 2.53. The zero-order chi connectivity index (χ0) is 48.2. The maximum Gasteiger partial charge on any atom is 0.231 e. The molecule has 11 N–H and O–H groups in total. The van der Waals surface area contributed by atoms with Crippen molar-refractivity contribution in [2.75, 3.05) is 34.2 Å². The Bertz CT molecular complexity index is 2240. The molecule has 0 amide bonds. The Labute approximate surface area is 379 Å². The second-order valence-electron chi connectivity index (χ2n) is 16.7. The van der Waals surface area contributed by atoms with Crippen LogP contribution in [0.5, 0.6) is 28.7 Å². The molecule has 25 nitrogen and oxygen atoms in total. The molecule has 8 rings (SSSR count). The molecule has 6 heterocycles. The van der Waals surface area contributed by atoms with Gasteiger partial charge in [-0.15, -0.1) is 0 Å². The molecule has 0 spiro atoms. The van der Waals surface area contributed by atoms with Crippen LogP contribution in [0.25, 0.3) is 22.1 Å². The maximum atomic E-state index is 14.1. The molecule has 20 atom stereocenters. The average molecular weight is 959 g/mol. The molecule has 0 aliphatic carbocycles. The molecule has 67 heavy (non-hydrogen) atoms. The van der Waals surface area contributed by atoms with Crippen LogP contribution in [0.1, 0.15) is 13.8 Å². The van der Waals surface area contributed by atoms with Crippen molar-refractivity contribution in [3.8, 4) is 39.9 Å². The highest BCUT2D eigenvalue weighted by atomic mass is 16.8. The Morgan fingerprint density at radius 2 is 1.13 bits per heavy atom. The first-order valence-corrected chi connectivity index (χ1v) is 21.2. The molecular weight excluding hydrogens is 904 g/mol. The summed E-state index contributed by atoms with van der Waals surface area (Å²) in [5.41, 5.74) is -0.0758. The van der Waals surface area contributed by atoms with E-state index in [1.807, 2.05) is 0 Å². The topological polar surface area (TPSA) is 364 Å². The molecular formula is C42H54O25. The second kappa shape index (κ2) is 20.1. The van der Waals surface area contributed by atoms with E-state index in [0.717, 1.165) is 0 Å². The second-order valence-corrected chi connectivity index (χ2v) is 16.7. The summed E-state index contributed by atoms with van der Waals surface area (Å²) in [6.07, 6.45) is -32.6. The van der Waals surface area contributed by atoms with Crippen molar-refractivity contribution in [2.24, 2.45) is 0 Å². The van der Waals surface area contributed by atoms with E-state index in [0.29, 0.717) is 17.1 Å². The Hall–Kier alpha value is -4.07. The standard InChI is InChI=1S/C42H54O25/c1-13-23(43)27(47)31(51)39(62-13)58-10-21-26(46)29(49)33(53)42(65-21)67-36-22(11-59-40-32(52)28(48)24(44)14(2)63-40)66-41(34(54)30(36)50)64-20-8-16-25(45)17(9-57-35(16)38(56-4)37(20)55-3)15-5-6-18-19(7-15)61-12-60-18/h5-9,13-14,21-24,26-34,36,39-44,46-54H,10-12H2,1-4H3/t13-,14-,21-,22-,23-,24-,26-,27+,28+,29+,30-,31+,32+,33-,34-,36-,39+,40+,41-,42+/m1/s1. The van der Waals surface area contributed by atoms with Crippen LogP contribution in [0.4, 0.5) is 0 Å². The number of hydrogen-bond donors (Lipinski definition) is 11. The highest BCUT2D eigenvalue weighted by Crippen LogP contribution is 2.45. The minimum atomic E-state index is -2.05. The van der Waals surface area contributed by atoms with Gasteiger partial charge in [0.2, 0.25) is 30.0 Å². The molecule has 0 bridgehead atoms. The van der Waals surface area contributed by atoms with Gasteiger partial charge in [-0.05, 0) is 37.6 Å². The summed E-state index contributed by atoms with van der Waals surface area (Å²) in [5.74, 6) is 0.374. The number of rotatable bonds is 13. The normalized spacial score (nSPS) is 39.9.